The number of carbonyl (C=O) groups excluding carboxylic acids is 1. The highest BCUT2D eigenvalue weighted by Crippen LogP contribution is 2.22. The lowest BCUT2D eigenvalue weighted by Gasteiger charge is -2.23. The summed E-state index contributed by atoms with van der Waals surface area (Å²) in [7, 11) is 1.78. The van der Waals surface area contributed by atoms with E-state index in [0.29, 0.717) is 6.54 Å². The van der Waals surface area contributed by atoms with Gasteiger partial charge in [-0.15, -0.1) is 0 Å². The molecule has 0 aliphatic carbocycles. The average molecular weight is 420 g/mol. The predicted molar refractivity (Wildman–Crippen MR) is 118 cm³/mol. The molecule has 1 saturated heterocycles. The molecule has 3 rings (SSSR count). The first-order valence-corrected chi connectivity index (χ1v) is 10.3. The fourth-order valence-corrected chi connectivity index (χ4v) is 3.72. The molecule has 1 atom stereocenters. The van der Waals surface area contributed by atoms with Crippen molar-refractivity contribution in [2.75, 3.05) is 26.7 Å². The minimum absolute atomic E-state index is 0.0548. The Labute approximate surface area is 176 Å². The molecule has 1 aliphatic heterocycles. The fourth-order valence-electron chi connectivity index (χ4n) is 3.54. The van der Waals surface area contributed by atoms with Crippen LogP contribution in [0.15, 0.2) is 29.4 Å². The summed E-state index contributed by atoms with van der Waals surface area (Å²) < 4.78 is 5.34. The van der Waals surface area contributed by atoms with Crippen molar-refractivity contribution in [1.82, 2.24) is 20.5 Å². The number of hydrogen-bond donors (Lipinski definition) is 3. The molecule has 0 radical (unpaired) electrons. The maximum Gasteiger partial charge on any atom is 0.407 e. The lowest BCUT2D eigenvalue weighted by Crippen LogP contribution is -2.44. The topological polar surface area (TPSA) is 81.8 Å². The molecule has 3 N–H and O–H groups in total. The lowest BCUT2D eigenvalue weighted by atomic mass is 10.1. The van der Waals surface area contributed by atoms with E-state index in [2.05, 4.69) is 25.5 Å². The Morgan fingerprint density at radius 3 is 2.93 bits per heavy atom. The number of ether oxygens (including phenoxy) is 1. The van der Waals surface area contributed by atoms with E-state index in [1.807, 2.05) is 45.2 Å². The quantitative estimate of drug-likeness (QED) is 0.523. The monoisotopic (exact) mass is 419 g/mol. The summed E-state index contributed by atoms with van der Waals surface area (Å²) in [4.78, 5) is 21.8. The second-order valence-electron chi connectivity index (χ2n) is 8.31. The Hall–Kier alpha value is -2.41. The van der Waals surface area contributed by atoms with Crippen LogP contribution in [0.25, 0.3) is 10.9 Å². The van der Waals surface area contributed by atoms with Crippen molar-refractivity contribution in [1.29, 1.82) is 0 Å². The largest absolute Gasteiger partial charge is 0.444 e. The van der Waals surface area contributed by atoms with E-state index in [9.17, 15) is 4.79 Å². The van der Waals surface area contributed by atoms with Gasteiger partial charge in [-0.3, -0.25) is 4.99 Å². The zero-order valence-corrected chi connectivity index (χ0v) is 18.3. The molecule has 2 heterocycles. The molecule has 2 aromatic rings. The number of guanidine groups is 1. The van der Waals surface area contributed by atoms with Gasteiger partial charge in [-0.2, -0.15) is 0 Å². The predicted octanol–water partition coefficient (Wildman–Crippen LogP) is 3.54. The van der Waals surface area contributed by atoms with E-state index in [4.69, 9.17) is 16.3 Å². The van der Waals surface area contributed by atoms with E-state index in [1.54, 1.807) is 7.05 Å². The minimum Gasteiger partial charge on any atom is -0.444 e. The number of aromatic nitrogens is 1. The van der Waals surface area contributed by atoms with Crippen molar-refractivity contribution in [2.45, 2.75) is 45.3 Å². The Morgan fingerprint density at radius 1 is 1.41 bits per heavy atom. The second-order valence-corrected chi connectivity index (χ2v) is 8.74. The van der Waals surface area contributed by atoms with Crippen LogP contribution in [0.4, 0.5) is 4.79 Å². The van der Waals surface area contributed by atoms with Gasteiger partial charge < -0.3 is 25.3 Å². The van der Waals surface area contributed by atoms with Crippen LogP contribution in [0.1, 0.15) is 32.8 Å². The number of aliphatic imine (C=N–C) groups is 1. The molecule has 1 aliphatic rings. The smallest absolute Gasteiger partial charge is 0.407 e. The van der Waals surface area contributed by atoms with E-state index in [0.717, 1.165) is 47.8 Å². The van der Waals surface area contributed by atoms with Crippen molar-refractivity contribution < 1.29 is 9.53 Å². The third-order valence-corrected chi connectivity index (χ3v) is 5.06. The van der Waals surface area contributed by atoms with Crippen molar-refractivity contribution in [3.05, 3.63) is 35.0 Å². The Morgan fingerprint density at radius 2 is 2.21 bits per heavy atom. The number of carbonyl (C=O) groups is 1. The minimum atomic E-state index is -0.493. The first kappa shape index (κ1) is 21.3. The number of amides is 1. The Kier molecular flexibility index (Phi) is 6.57. The number of hydrogen-bond acceptors (Lipinski definition) is 3. The summed E-state index contributed by atoms with van der Waals surface area (Å²) in [5.74, 6) is 0.844. The summed E-state index contributed by atoms with van der Waals surface area (Å²) in [6.45, 7) is 7.89. The molecule has 1 aromatic carbocycles. The van der Waals surface area contributed by atoms with Crippen LogP contribution in [0.2, 0.25) is 5.02 Å². The summed E-state index contributed by atoms with van der Waals surface area (Å²) >= 11 is 6.13. The lowest BCUT2D eigenvalue weighted by molar-refractivity contribution is 0.0507. The molecule has 1 fully saturated rings. The van der Waals surface area contributed by atoms with Crippen LogP contribution in [-0.2, 0) is 11.2 Å². The number of aromatic amines is 1. The Bertz CT molecular complexity index is 887. The van der Waals surface area contributed by atoms with Crippen LogP contribution in [0, 0.1) is 0 Å². The molecular weight excluding hydrogens is 390 g/mol. The molecule has 7 nitrogen and oxygen atoms in total. The highest BCUT2D eigenvalue weighted by Gasteiger charge is 2.27. The number of nitrogens with zero attached hydrogens (tertiary/aromatic N) is 2. The van der Waals surface area contributed by atoms with Crippen molar-refractivity contribution >= 4 is 34.6 Å². The Balaban J connectivity index is 1.49. The third-order valence-electron chi connectivity index (χ3n) is 4.83. The first-order valence-electron chi connectivity index (χ1n) is 9.96. The van der Waals surface area contributed by atoms with Gasteiger partial charge in [0.2, 0.25) is 0 Å². The second kappa shape index (κ2) is 8.95. The van der Waals surface area contributed by atoms with Crippen molar-refractivity contribution in [3.8, 4) is 0 Å². The molecule has 29 heavy (non-hydrogen) atoms. The molecule has 1 aromatic heterocycles. The molecule has 0 bridgehead atoms. The van der Waals surface area contributed by atoms with E-state index >= 15 is 0 Å². The average Bonchev–Trinajstić information content (AvgIpc) is 3.24. The summed E-state index contributed by atoms with van der Waals surface area (Å²) in [6, 6.07) is 5.93. The number of likely N-dealkylation sites (tertiary alicyclic amines) is 1. The van der Waals surface area contributed by atoms with Gasteiger partial charge in [0.1, 0.15) is 5.60 Å². The van der Waals surface area contributed by atoms with Gasteiger partial charge in [-0.05, 0) is 57.4 Å². The zero-order chi connectivity index (χ0) is 21.0. The van der Waals surface area contributed by atoms with Crippen LogP contribution >= 0.6 is 11.6 Å². The summed E-state index contributed by atoms with van der Waals surface area (Å²) in [5, 5.41) is 8.26. The standard InChI is InChI=1S/C21H30ClN5O2/c1-21(2,3)29-20(28)26-16-8-10-27(13-16)19(23-4)24-9-7-14-12-25-18-6-5-15(22)11-17(14)18/h5-6,11-12,16,25H,7-10,13H2,1-4H3,(H,23,24)(H,26,28). The molecule has 0 spiro atoms. The van der Waals surface area contributed by atoms with E-state index in [1.165, 1.54) is 5.56 Å². The first-order chi connectivity index (χ1) is 13.7. The number of rotatable bonds is 4. The van der Waals surface area contributed by atoms with Gasteiger partial charge in [0.05, 0.1) is 6.04 Å². The van der Waals surface area contributed by atoms with Crippen LogP contribution in [-0.4, -0.2) is 60.3 Å². The third kappa shape index (κ3) is 5.79. The van der Waals surface area contributed by atoms with Gasteiger partial charge in [-0.25, -0.2) is 4.79 Å². The number of nitrogens with one attached hydrogen (secondary N) is 3. The number of H-pyrrole nitrogens is 1. The van der Waals surface area contributed by atoms with Gasteiger partial charge in [0.15, 0.2) is 5.96 Å². The number of fused-ring (bicyclic) bond motifs is 1. The molecule has 1 unspecified atom stereocenters. The normalized spacial score (nSPS) is 17.6. The number of halogens is 1. The number of benzene rings is 1. The van der Waals surface area contributed by atoms with E-state index < -0.39 is 5.60 Å². The van der Waals surface area contributed by atoms with Gasteiger partial charge in [-0.1, -0.05) is 11.6 Å². The van der Waals surface area contributed by atoms with Gasteiger partial charge in [0.25, 0.3) is 0 Å². The molecular formula is C21H30ClN5O2. The number of alkyl carbamates (subject to hydrolysis) is 1. The summed E-state index contributed by atoms with van der Waals surface area (Å²) in [5.41, 5.74) is 1.81. The van der Waals surface area contributed by atoms with Crippen LogP contribution in [0.3, 0.4) is 0 Å². The van der Waals surface area contributed by atoms with E-state index in [-0.39, 0.29) is 12.1 Å². The molecule has 1 amide bonds. The highest BCUT2D eigenvalue weighted by molar-refractivity contribution is 6.31. The molecule has 0 saturated carbocycles. The fraction of sp³-hybridized carbons (Fsp3) is 0.524. The van der Waals surface area contributed by atoms with Crippen molar-refractivity contribution in [3.63, 3.8) is 0 Å². The maximum atomic E-state index is 12.0. The van der Waals surface area contributed by atoms with Gasteiger partial charge >= 0.3 is 6.09 Å². The highest BCUT2D eigenvalue weighted by atomic mass is 35.5. The SMILES string of the molecule is CN=C(NCCc1c[nH]c2ccc(Cl)cc12)N1CCC(NC(=O)OC(C)(C)C)C1. The van der Waals surface area contributed by atoms with Crippen molar-refractivity contribution in [2.24, 2.45) is 4.99 Å². The molecule has 158 valence electrons. The van der Waals surface area contributed by atoms with Crippen LogP contribution in [0.5, 0.6) is 0 Å². The maximum absolute atomic E-state index is 12.0. The zero-order valence-electron chi connectivity index (χ0n) is 17.5. The van der Waals surface area contributed by atoms with Gasteiger partial charge in [0, 0.05) is 48.8 Å². The summed E-state index contributed by atoms with van der Waals surface area (Å²) in [6.07, 6.45) is 3.38. The van der Waals surface area contributed by atoms with Crippen LogP contribution < -0.4 is 10.6 Å². The molecule has 8 heteroatoms.